The van der Waals surface area contributed by atoms with E-state index < -0.39 is 6.04 Å². The standard InChI is InChI=1S/C14H22N4O2/c1-10(2)13-14(20)18(8-5-12(19)16-13)7-4-11-15-6-9-17(11)3/h6,9-10,13H,4-5,7-8H2,1-3H3,(H,16,19). The van der Waals surface area contributed by atoms with Crippen LogP contribution in [0.15, 0.2) is 12.4 Å². The summed E-state index contributed by atoms with van der Waals surface area (Å²) in [6, 6.07) is -0.411. The van der Waals surface area contributed by atoms with Gasteiger partial charge in [0.15, 0.2) is 0 Å². The van der Waals surface area contributed by atoms with Crippen LogP contribution in [0.4, 0.5) is 0 Å². The molecule has 1 fully saturated rings. The predicted molar refractivity (Wildman–Crippen MR) is 74.9 cm³/mol. The van der Waals surface area contributed by atoms with Crippen LogP contribution in [0.5, 0.6) is 0 Å². The van der Waals surface area contributed by atoms with Crippen molar-refractivity contribution in [2.24, 2.45) is 13.0 Å². The fraction of sp³-hybridized carbons (Fsp3) is 0.643. The van der Waals surface area contributed by atoms with E-state index in [0.29, 0.717) is 25.9 Å². The Morgan fingerprint density at radius 3 is 2.80 bits per heavy atom. The molecule has 0 spiro atoms. The maximum Gasteiger partial charge on any atom is 0.245 e. The lowest BCUT2D eigenvalue weighted by molar-refractivity contribution is -0.134. The molecule has 20 heavy (non-hydrogen) atoms. The highest BCUT2D eigenvalue weighted by molar-refractivity contribution is 5.90. The molecule has 1 aliphatic rings. The highest BCUT2D eigenvalue weighted by Gasteiger charge is 2.31. The van der Waals surface area contributed by atoms with Crippen molar-refractivity contribution in [3.05, 3.63) is 18.2 Å². The SMILES string of the molecule is CC(C)C1NC(=O)CCN(CCc2nccn2C)C1=O. The van der Waals surface area contributed by atoms with Gasteiger partial charge in [-0.3, -0.25) is 9.59 Å². The molecule has 1 N–H and O–H groups in total. The second-order valence-corrected chi connectivity index (χ2v) is 5.57. The Labute approximate surface area is 119 Å². The number of aryl methyl sites for hydroxylation is 1. The summed E-state index contributed by atoms with van der Waals surface area (Å²) in [7, 11) is 1.94. The molecule has 0 bridgehead atoms. The Hall–Kier alpha value is -1.85. The van der Waals surface area contributed by atoms with Crippen molar-refractivity contribution < 1.29 is 9.59 Å². The summed E-state index contributed by atoms with van der Waals surface area (Å²) in [5.74, 6) is 1.01. The Balaban J connectivity index is 2.04. The molecule has 2 heterocycles. The Kier molecular flexibility index (Phi) is 4.42. The third kappa shape index (κ3) is 3.18. The largest absolute Gasteiger partial charge is 0.344 e. The second kappa shape index (κ2) is 6.07. The van der Waals surface area contributed by atoms with E-state index in [1.165, 1.54) is 0 Å². The number of nitrogens with one attached hydrogen (secondary N) is 1. The van der Waals surface area contributed by atoms with Crippen LogP contribution >= 0.6 is 0 Å². The predicted octanol–water partition coefficient (Wildman–Crippen LogP) is 0.336. The minimum atomic E-state index is -0.411. The smallest absolute Gasteiger partial charge is 0.245 e. The van der Waals surface area contributed by atoms with Crippen LogP contribution in [-0.4, -0.2) is 45.4 Å². The summed E-state index contributed by atoms with van der Waals surface area (Å²) in [5.41, 5.74) is 0. The minimum absolute atomic E-state index is 0.0139. The van der Waals surface area contributed by atoms with Crippen LogP contribution in [0.1, 0.15) is 26.1 Å². The van der Waals surface area contributed by atoms with E-state index in [9.17, 15) is 9.59 Å². The summed E-state index contributed by atoms with van der Waals surface area (Å²) < 4.78 is 1.95. The topological polar surface area (TPSA) is 67.2 Å². The molecule has 2 amide bonds. The second-order valence-electron chi connectivity index (χ2n) is 5.57. The zero-order valence-electron chi connectivity index (χ0n) is 12.3. The summed E-state index contributed by atoms with van der Waals surface area (Å²) in [6.07, 6.45) is 4.72. The number of carbonyl (C=O) groups is 2. The van der Waals surface area contributed by atoms with Crippen LogP contribution in [0.2, 0.25) is 0 Å². The molecule has 0 radical (unpaired) electrons. The zero-order valence-corrected chi connectivity index (χ0v) is 12.3. The van der Waals surface area contributed by atoms with Gasteiger partial charge in [0.05, 0.1) is 0 Å². The fourth-order valence-corrected chi connectivity index (χ4v) is 2.40. The molecule has 0 saturated carbocycles. The van der Waals surface area contributed by atoms with Gasteiger partial charge in [-0.2, -0.15) is 0 Å². The van der Waals surface area contributed by atoms with Gasteiger partial charge in [0.1, 0.15) is 11.9 Å². The molecule has 6 nitrogen and oxygen atoms in total. The van der Waals surface area contributed by atoms with Gasteiger partial charge in [-0.1, -0.05) is 13.8 Å². The van der Waals surface area contributed by atoms with E-state index >= 15 is 0 Å². The van der Waals surface area contributed by atoms with Crippen LogP contribution in [-0.2, 0) is 23.1 Å². The summed E-state index contributed by atoms with van der Waals surface area (Å²) in [5, 5.41) is 2.81. The van der Waals surface area contributed by atoms with Gasteiger partial charge in [0, 0.05) is 45.4 Å². The molecule has 2 rings (SSSR count). The lowest BCUT2D eigenvalue weighted by atomic mass is 10.0. The van der Waals surface area contributed by atoms with Gasteiger partial charge >= 0.3 is 0 Å². The summed E-state index contributed by atoms with van der Waals surface area (Å²) in [4.78, 5) is 30.2. The number of rotatable bonds is 4. The molecule has 1 aromatic heterocycles. The molecular weight excluding hydrogens is 256 g/mol. The van der Waals surface area contributed by atoms with E-state index in [1.54, 1.807) is 11.1 Å². The molecule has 6 heteroatoms. The molecule has 1 atom stereocenters. The monoisotopic (exact) mass is 278 g/mol. The third-order valence-electron chi connectivity index (χ3n) is 3.70. The average Bonchev–Trinajstić information content (AvgIpc) is 2.74. The zero-order chi connectivity index (χ0) is 14.7. The molecule has 1 aromatic rings. The van der Waals surface area contributed by atoms with Gasteiger partial charge in [-0.25, -0.2) is 4.98 Å². The molecule has 1 saturated heterocycles. The van der Waals surface area contributed by atoms with Crippen molar-refractivity contribution in [1.82, 2.24) is 19.8 Å². The van der Waals surface area contributed by atoms with Gasteiger partial charge in [-0.15, -0.1) is 0 Å². The number of nitrogens with zero attached hydrogens (tertiary/aromatic N) is 3. The molecule has 1 aliphatic heterocycles. The lowest BCUT2D eigenvalue weighted by Crippen LogP contribution is -2.48. The highest BCUT2D eigenvalue weighted by Crippen LogP contribution is 2.11. The van der Waals surface area contributed by atoms with Crippen molar-refractivity contribution >= 4 is 11.8 Å². The van der Waals surface area contributed by atoms with E-state index in [4.69, 9.17) is 0 Å². The van der Waals surface area contributed by atoms with Crippen molar-refractivity contribution in [2.45, 2.75) is 32.7 Å². The first-order valence-corrected chi connectivity index (χ1v) is 7.03. The number of imidazole rings is 1. The number of aromatic nitrogens is 2. The van der Waals surface area contributed by atoms with Gasteiger partial charge in [-0.05, 0) is 5.92 Å². The first-order chi connectivity index (χ1) is 9.49. The molecule has 1 unspecified atom stereocenters. The van der Waals surface area contributed by atoms with Crippen molar-refractivity contribution in [3.63, 3.8) is 0 Å². The van der Waals surface area contributed by atoms with Crippen LogP contribution in [0.25, 0.3) is 0 Å². The quantitative estimate of drug-likeness (QED) is 0.863. The first-order valence-electron chi connectivity index (χ1n) is 7.03. The van der Waals surface area contributed by atoms with Crippen LogP contribution < -0.4 is 5.32 Å². The van der Waals surface area contributed by atoms with Gasteiger partial charge < -0.3 is 14.8 Å². The highest BCUT2D eigenvalue weighted by atomic mass is 16.2. The molecule has 0 aromatic carbocycles. The fourth-order valence-electron chi connectivity index (χ4n) is 2.40. The van der Waals surface area contributed by atoms with Crippen molar-refractivity contribution in [2.75, 3.05) is 13.1 Å². The van der Waals surface area contributed by atoms with Gasteiger partial charge in [0.25, 0.3) is 0 Å². The average molecular weight is 278 g/mol. The first kappa shape index (κ1) is 14.6. The van der Waals surface area contributed by atoms with E-state index in [1.807, 2.05) is 31.7 Å². The minimum Gasteiger partial charge on any atom is -0.344 e. The van der Waals surface area contributed by atoms with E-state index in [2.05, 4.69) is 10.3 Å². The normalized spacial score (nSPS) is 20.2. The maximum absolute atomic E-state index is 12.5. The van der Waals surface area contributed by atoms with Crippen molar-refractivity contribution in [1.29, 1.82) is 0 Å². The summed E-state index contributed by atoms with van der Waals surface area (Å²) in [6.45, 7) is 4.98. The third-order valence-corrected chi connectivity index (χ3v) is 3.70. The van der Waals surface area contributed by atoms with E-state index in [-0.39, 0.29) is 17.7 Å². The maximum atomic E-state index is 12.5. The lowest BCUT2D eigenvalue weighted by Gasteiger charge is -2.25. The van der Waals surface area contributed by atoms with Crippen molar-refractivity contribution in [3.8, 4) is 0 Å². The Morgan fingerprint density at radius 1 is 1.45 bits per heavy atom. The number of carbonyl (C=O) groups excluding carboxylic acids is 2. The van der Waals surface area contributed by atoms with E-state index in [0.717, 1.165) is 5.82 Å². The molecular formula is C14H22N4O2. The van der Waals surface area contributed by atoms with Crippen LogP contribution in [0, 0.1) is 5.92 Å². The summed E-state index contributed by atoms with van der Waals surface area (Å²) >= 11 is 0. The van der Waals surface area contributed by atoms with Gasteiger partial charge in [0.2, 0.25) is 11.8 Å². The Morgan fingerprint density at radius 2 is 2.20 bits per heavy atom. The van der Waals surface area contributed by atoms with Crippen LogP contribution in [0.3, 0.4) is 0 Å². The number of amides is 2. The molecule has 0 aliphatic carbocycles. The number of hydrogen-bond donors (Lipinski definition) is 1. The molecule has 110 valence electrons. The Bertz CT molecular complexity index is 495. The number of hydrogen-bond acceptors (Lipinski definition) is 3.